The van der Waals surface area contributed by atoms with Crippen molar-refractivity contribution in [2.24, 2.45) is 0 Å². The molecule has 0 atom stereocenters. The van der Waals surface area contributed by atoms with E-state index < -0.39 is 0 Å². The third kappa shape index (κ3) is 2.76. The summed E-state index contributed by atoms with van der Waals surface area (Å²) < 4.78 is 0. The van der Waals surface area contributed by atoms with Crippen LogP contribution in [0.2, 0.25) is 0 Å². The molecule has 0 fully saturated rings. The summed E-state index contributed by atoms with van der Waals surface area (Å²) in [6.45, 7) is 2.10. The number of carbonyl (C=O) groups is 1. The smallest absolute Gasteiger partial charge is 0.265 e. The number of nitrogens with one attached hydrogen (secondary N) is 1. The second-order valence-corrected chi connectivity index (χ2v) is 7.78. The van der Waals surface area contributed by atoms with Gasteiger partial charge in [-0.3, -0.25) is 4.79 Å². The number of amides is 1. The first kappa shape index (κ1) is 15.5. The van der Waals surface area contributed by atoms with Crippen molar-refractivity contribution < 1.29 is 4.79 Å². The number of fused-ring (bicyclic) bond motifs is 3. The van der Waals surface area contributed by atoms with Crippen molar-refractivity contribution >= 4 is 34.7 Å². The topological polar surface area (TPSA) is 29.1 Å². The zero-order chi connectivity index (χ0) is 16.5. The van der Waals surface area contributed by atoms with Crippen LogP contribution in [0.25, 0.3) is 10.4 Å². The normalized spacial score (nSPS) is 12.4. The molecule has 2 nitrogen and oxygen atoms in total. The van der Waals surface area contributed by atoms with Crippen LogP contribution in [-0.4, -0.2) is 5.91 Å². The van der Waals surface area contributed by atoms with Gasteiger partial charge >= 0.3 is 0 Å². The first-order valence-corrected chi connectivity index (χ1v) is 9.80. The highest BCUT2D eigenvalue weighted by Crippen LogP contribution is 2.45. The molecule has 24 heavy (non-hydrogen) atoms. The Hall–Kier alpha value is -2.04. The lowest BCUT2D eigenvalue weighted by atomic mass is 10.1. The van der Waals surface area contributed by atoms with E-state index in [4.69, 9.17) is 0 Å². The molecule has 1 aromatic heterocycles. The standard InChI is InChI=1S/C20H17NOS2/c1-2-13-7-3-5-9-16(13)21-20(22)18-11-14-12-23-17-10-6-4-8-15(17)19(14)24-18/h3-11H,2,12H2,1H3,(H,21,22). The number of aryl methyl sites for hydroxylation is 1. The quantitative estimate of drug-likeness (QED) is 0.642. The molecule has 3 aromatic rings. The van der Waals surface area contributed by atoms with E-state index in [0.29, 0.717) is 0 Å². The van der Waals surface area contributed by atoms with Gasteiger partial charge in [0.25, 0.3) is 5.91 Å². The van der Waals surface area contributed by atoms with Gasteiger partial charge in [-0.1, -0.05) is 43.3 Å². The van der Waals surface area contributed by atoms with Crippen LogP contribution < -0.4 is 5.32 Å². The average Bonchev–Trinajstić information content (AvgIpc) is 3.07. The molecule has 1 aliphatic rings. The number of thiophene rings is 1. The van der Waals surface area contributed by atoms with Crippen LogP contribution in [0.4, 0.5) is 5.69 Å². The molecular weight excluding hydrogens is 334 g/mol. The Bertz CT molecular complexity index is 914. The number of para-hydroxylation sites is 1. The number of thioether (sulfide) groups is 1. The van der Waals surface area contributed by atoms with Crippen molar-refractivity contribution in [3.05, 3.63) is 70.6 Å². The monoisotopic (exact) mass is 351 g/mol. The van der Waals surface area contributed by atoms with Crippen LogP contribution in [0.3, 0.4) is 0 Å². The van der Waals surface area contributed by atoms with Crippen molar-refractivity contribution in [3.63, 3.8) is 0 Å². The van der Waals surface area contributed by atoms with E-state index in [0.717, 1.165) is 28.3 Å². The number of anilines is 1. The molecule has 4 rings (SSSR count). The summed E-state index contributed by atoms with van der Waals surface area (Å²) in [5.74, 6) is 0.916. The number of hydrogen-bond donors (Lipinski definition) is 1. The van der Waals surface area contributed by atoms with E-state index >= 15 is 0 Å². The van der Waals surface area contributed by atoms with E-state index in [1.54, 1.807) is 11.3 Å². The molecule has 2 heterocycles. The van der Waals surface area contributed by atoms with Crippen molar-refractivity contribution in [3.8, 4) is 10.4 Å². The summed E-state index contributed by atoms with van der Waals surface area (Å²) in [7, 11) is 0. The summed E-state index contributed by atoms with van der Waals surface area (Å²) in [5, 5.41) is 3.08. The predicted octanol–water partition coefficient (Wildman–Crippen LogP) is 5.84. The highest BCUT2D eigenvalue weighted by molar-refractivity contribution is 7.98. The van der Waals surface area contributed by atoms with E-state index in [-0.39, 0.29) is 5.91 Å². The maximum Gasteiger partial charge on any atom is 0.265 e. The Morgan fingerprint density at radius 2 is 1.92 bits per heavy atom. The van der Waals surface area contributed by atoms with Gasteiger partial charge in [0, 0.05) is 26.8 Å². The van der Waals surface area contributed by atoms with E-state index in [2.05, 4.69) is 42.6 Å². The minimum absolute atomic E-state index is 0.0159. The zero-order valence-corrected chi connectivity index (χ0v) is 15.0. The number of hydrogen-bond acceptors (Lipinski definition) is 3. The first-order valence-electron chi connectivity index (χ1n) is 8.00. The van der Waals surface area contributed by atoms with Crippen molar-refractivity contribution in [1.29, 1.82) is 0 Å². The molecule has 4 heteroatoms. The van der Waals surface area contributed by atoms with Gasteiger partial charge in [-0.25, -0.2) is 0 Å². The van der Waals surface area contributed by atoms with E-state index in [1.807, 2.05) is 36.0 Å². The van der Waals surface area contributed by atoms with Gasteiger partial charge in [-0.2, -0.15) is 0 Å². The van der Waals surface area contributed by atoms with E-state index in [9.17, 15) is 4.79 Å². The molecule has 0 saturated heterocycles. The van der Waals surface area contributed by atoms with Gasteiger partial charge in [0.15, 0.2) is 0 Å². The van der Waals surface area contributed by atoms with Gasteiger partial charge in [0.1, 0.15) is 0 Å². The number of rotatable bonds is 3. The molecule has 0 saturated carbocycles. The fraction of sp³-hybridized carbons (Fsp3) is 0.150. The molecule has 0 aliphatic carbocycles. The molecular formula is C20H17NOS2. The van der Waals surface area contributed by atoms with Crippen LogP contribution in [0, 0.1) is 0 Å². The average molecular weight is 351 g/mol. The Labute approximate surface area is 149 Å². The lowest BCUT2D eigenvalue weighted by Crippen LogP contribution is -2.11. The van der Waals surface area contributed by atoms with E-state index in [1.165, 1.54) is 20.9 Å². The lowest BCUT2D eigenvalue weighted by molar-refractivity contribution is 0.103. The summed E-state index contributed by atoms with van der Waals surface area (Å²) in [6, 6.07) is 18.5. The highest BCUT2D eigenvalue weighted by atomic mass is 32.2. The van der Waals surface area contributed by atoms with Crippen LogP contribution in [0.15, 0.2) is 59.5 Å². The fourth-order valence-electron chi connectivity index (χ4n) is 2.95. The van der Waals surface area contributed by atoms with Crippen LogP contribution in [0.1, 0.15) is 27.7 Å². The van der Waals surface area contributed by atoms with Crippen LogP contribution in [0.5, 0.6) is 0 Å². The molecule has 2 aromatic carbocycles. The van der Waals surface area contributed by atoms with Gasteiger partial charge in [-0.15, -0.1) is 23.1 Å². The largest absolute Gasteiger partial charge is 0.321 e. The maximum atomic E-state index is 12.7. The van der Waals surface area contributed by atoms with Gasteiger partial charge in [-0.05, 0) is 35.7 Å². The predicted molar refractivity (Wildman–Crippen MR) is 103 cm³/mol. The summed E-state index contributed by atoms with van der Waals surface area (Å²) in [4.78, 5) is 16.0. The molecule has 0 spiro atoms. The van der Waals surface area contributed by atoms with Gasteiger partial charge in [0.2, 0.25) is 0 Å². The minimum Gasteiger partial charge on any atom is -0.321 e. The molecule has 120 valence electrons. The Balaban J connectivity index is 1.65. The van der Waals surface area contributed by atoms with Gasteiger partial charge < -0.3 is 5.32 Å². The first-order chi connectivity index (χ1) is 11.8. The van der Waals surface area contributed by atoms with Crippen molar-refractivity contribution in [2.75, 3.05) is 5.32 Å². The summed E-state index contributed by atoms with van der Waals surface area (Å²) in [6.07, 6.45) is 0.904. The van der Waals surface area contributed by atoms with Crippen LogP contribution in [-0.2, 0) is 12.2 Å². The third-order valence-electron chi connectivity index (χ3n) is 4.19. The van der Waals surface area contributed by atoms with Crippen LogP contribution >= 0.6 is 23.1 Å². The van der Waals surface area contributed by atoms with Crippen molar-refractivity contribution in [1.82, 2.24) is 0 Å². The zero-order valence-electron chi connectivity index (χ0n) is 13.3. The summed E-state index contributed by atoms with van der Waals surface area (Å²) >= 11 is 3.43. The molecule has 1 amide bonds. The lowest BCUT2D eigenvalue weighted by Gasteiger charge is -2.14. The second kappa shape index (κ2) is 6.46. The molecule has 1 aliphatic heterocycles. The fourth-order valence-corrected chi connectivity index (χ4v) is 5.26. The molecule has 0 unspecified atom stereocenters. The Morgan fingerprint density at radius 3 is 2.79 bits per heavy atom. The van der Waals surface area contributed by atoms with Crippen molar-refractivity contribution in [2.45, 2.75) is 24.0 Å². The maximum absolute atomic E-state index is 12.7. The second-order valence-electron chi connectivity index (χ2n) is 5.71. The van der Waals surface area contributed by atoms with Gasteiger partial charge in [0.05, 0.1) is 4.88 Å². The summed E-state index contributed by atoms with van der Waals surface area (Å²) in [5.41, 5.74) is 4.58. The number of carbonyl (C=O) groups excluding carboxylic acids is 1. The molecule has 0 radical (unpaired) electrons. The number of benzene rings is 2. The minimum atomic E-state index is -0.0159. The molecule has 1 N–H and O–H groups in total. The highest BCUT2D eigenvalue weighted by Gasteiger charge is 2.22. The Morgan fingerprint density at radius 1 is 1.12 bits per heavy atom. The third-order valence-corrected chi connectivity index (χ3v) is 6.53. The SMILES string of the molecule is CCc1ccccc1NC(=O)c1cc2c(s1)-c1ccccc1SC2. The Kier molecular flexibility index (Phi) is 4.17. The molecule has 0 bridgehead atoms.